The fraction of sp³-hybridized carbons (Fsp3) is 0.333. The average molecular weight is 352 g/mol. The standard InChI is InChI=1S/C9H4ClF6N3O3/c10-9(15,16)8(13,14)7(11,12)6(20)18-5-2-1-4(3-17-5)19(21)22/h1-3H,(H,17,18,20). The Morgan fingerprint density at radius 3 is 2.14 bits per heavy atom. The molecule has 1 amide bonds. The maximum Gasteiger partial charge on any atom is 0.395 e. The smallest absolute Gasteiger partial charge is 0.305 e. The minimum atomic E-state index is -6.17. The van der Waals surface area contributed by atoms with Crippen molar-refractivity contribution in [2.45, 2.75) is 17.2 Å². The maximum atomic E-state index is 13.1. The van der Waals surface area contributed by atoms with Crippen molar-refractivity contribution in [3.8, 4) is 0 Å². The van der Waals surface area contributed by atoms with Crippen LogP contribution in [0.15, 0.2) is 18.3 Å². The number of pyridine rings is 1. The zero-order valence-electron chi connectivity index (χ0n) is 10.00. The van der Waals surface area contributed by atoms with Crippen molar-refractivity contribution in [2.75, 3.05) is 5.32 Å². The molecule has 13 heteroatoms. The molecule has 0 aliphatic carbocycles. The van der Waals surface area contributed by atoms with E-state index in [1.54, 1.807) is 0 Å². The van der Waals surface area contributed by atoms with Crippen LogP contribution in [-0.4, -0.2) is 33.0 Å². The van der Waals surface area contributed by atoms with Crippen LogP contribution in [-0.2, 0) is 4.79 Å². The van der Waals surface area contributed by atoms with Crippen LogP contribution in [0.2, 0.25) is 0 Å². The number of amides is 1. The molecule has 0 aliphatic rings. The second-order valence-electron chi connectivity index (χ2n) is 3.76. The number of alkyl halides is 7. The number of aromatic nitrogens is 1. The molecule has 0 unspecified atom stereocenters. The molecule has 22 heavy (non-hydrogen) atoms. The summed E-state index contributed by atoms with van der Waals surface area (Å²) in [6, 6.07) is 1.36. The first-order valence-electron chi connectivity index (χ1n) is 5.05. The lowest BCUT2D eigenvalue weighted by Gasteiger charge is -2.27. The second-order valence-corrected chi connectivity index (χ2v) is 4.23. The molecular formula is C9H4ClF6N3O3. The second kappa shape index (κ2) is 5.59. The van der Waals surface area contributed by atoms with Gasteiger partial charge in [0.1, 0.15) is 12.0 Å². The van der Waals surface area contributed by atoms with E-state index in [1.165, 1.54) is 0 Å². The fourth-order valence-electron chi connectivity index (χ4n) is 1.08. The van der Waals surface area contributed by atoms with Crippen molar-refractivity contribution in [1.29, 1.82) is 0 Å². The number of hydrogen-bond acceptors (Lipinski definition) is 4. The van der Waals surface area contributed by atoms with E-state index in [0.29, 0.717) is 12.3 Å². The van der Waals surface area contributed by atoms with E-state index in [4.69, 9.17) is 0 Å². The Hall–Kier alpha value is -2.11. The Kier molecular flexibility index (Phi) is 4.56. The Bertz CT molecular complexity index is 589. The van der Waals surface area contributed by atoms with Crippen molar-refractivity contribution in [2.24, 2.45) is 0 Å². The highest BCUT2D eigenvalue weighted by Crippen LogP contribution is 2.48. The minimum Gasteiger partial charge on any atom is -0.305 e. The summed E-state index contributed by atoms with van der Waals surface area (Å²) < 4.78 is 76.5. The van der Waals surface area contributed by atoms with E-state index in [-0.39, 0.29) is 0 Å². The molecule has 1 rings (SSSR count). The number of rotatable bonds is 5. The number of nitro groups is 1. The summed E-state index contributed by atoms with van der Waals surface area (Å²) in [4.78, 5) is 23.6. The Balaban J connectivity index is 2.98. The quantitative estimate of drug-likeness (QED) is 0.382. The van der Waals surface area contributed by atoms with Crippen molar-refractivity contribution in [3.05, 3.63) is 28.4 Å². The molecule has 0 aliphatic heterocycles. The van der Waals surface area contributed by atoms with Crippen LogP contribution in [0, 0.1) is 10.1 Å². The zero-order chi connectivity index (χ0) is 17.3. The number of halogens is 7. The highest BCUT2D eigenvalue weighted by atomic mass is 35.5. The third-order valence-corrected chi connectivity index (χ3v) is 2.47. The van der Waals surface area contributed by atoms with Crippen LogP contribution >= 0.6 is 11.6 Å². The predicted octanol–water partition coefficient (Wildman–Crippen LogP) is 3.03. The van der Waals surface area contributed by atoms with Crippen LogP contribution in [0.3, 0.4) is 0 Å². The summed E-state index contributed by atoms with van der Waals surface area (Å²) in [6.07, 6.45) is 0.530. The topological polar surface area (TPSA) is 85.1 Å². The Morgan fingerprint density at radius 2 is 1.77 bits per heavy atom. The minimum absolute atomic E-state index is 0.530. The maximum absolute atomic E-state index is 13.1. The van der Waals surface area contributed by atoms with Gasteiger partial charge in [-0.05, 0) is 17.7 Å². The van der Waals surface area contributed by atoms with Gasteiger partial charge in [0.25, 0.3) is 5.69 Å². The van der Waals surface area contributed by atoms with E-state index in [0.717, 1.165) is 11.4 Å². The van der Waals surface area contributed by atoms with Crippen LogP contribution in [0.5, 0.6) is 0 Å². The van der Waals surface area contributed by atoms with E-state index < -0.39 is 39.6 Å². The summed E-state index contributed by atoms with van der Waals surface area (Å²) in [5.41, 5.74) is -0.581. The predicted molar refractivity (Wildman–Crippen MR) is 60.2 cm³/mol. The normalized spacial score (nSPS) is 12.9. The molecule has 0 fully saturated rings. The average Bonchev–Trinajstić information content (AvgIpc) is 2.37. The van der Waals surface area contributed by atoms with Crippen molar-refractivity contribution in [3.63, 3.8) is 0 Å². The van der Waals surface area contributed by atoms with Crippen LogP contribution < -0.4 is 5.32 Å². The largest absolute Gasteiger partial charge is 0.395 e. The highest BCUT2D eigenvalue weighted by Gasteiger charge is 2.74. The fourth-order valence-corrected chi connectivity index (χ4v) is 1.20. The summed E-state index contributed by atoms with van der Waals surface area (Å²) >= 11 is 3.88. The van der Waals surface area contributed by atoms with Gasteiger partial charge in [0.2, 0.25) is 0 Å². The van der Waals surface area contributed by atoms with Gasteiger partial charge in [0, 0.05) is 6.07 Å². The van der Waals surface area contributed by atoms with Crippen molar-refractivity contribution >= 4 is 29.0 Å². The molecule has 6 nitrogen and oxygen atoms in total. The number of hydrogen-bond donors (Lipinski definition) is 1. The van der Waals surface area contributed by atoms with Gasteiger partial charge in [0.05, 0.1) is 4.92 Å². The monoisotopic (exact) mass is 351 g/mol. The summed E-state index contributed by atoms with van der Waals surface area (Å²) in [5.74, 6) is -15.6. The summed E-state index contributed by atoms with van der Waals surface area (Å²) in [6.45, 7) is 0. The molecule has 0 radical (unpaired) electrons. The zero-order valence-corrected chi connectivity index (χ0v) is 10.8. The van der Waals surface area contributed by atoms with Gasteiger partial charge < -0.3 is 5.32 Å². The SMILES string of the molecule is O=C(Nc1ccc([N+](=O)[O-])cn1)C(F)(F)C(F)(F)C(F)(F)Cl. The third-order valence-electron chi connectivity index (χ3n) is 2.24. The molecule has 0 aromatic carbocycles. The highest BCUT2D eigenvalue weighted by molar-refractivity contribution is 6.22. The number of anilines is 1. The lowest BCUT2D eigenvalue weighted by atomic mass is 10.1. The molecule has 0 atom stereocenters. The van der Waals surface area contributed by atoms with Gasteiger partial charge in [-0.15, -0.1) is 0 Å². The molecule has 0 spiro atoms. The van der Waals surface area contributed by atoms with E-state index in [9.17, 15) is 41.3 Å². The first kappa shape index (κ1) is 17.9. The van der Waals surface area contributed by atoms with Gasteiger partial charge in [-0.25, -0.2) is 4.98 Å². The number of carbonyl (C=O) groups is 1. The molecule has 122 valence electrons. The van der Waals surface area contributed by atoms with E-state index in [2.05, 4.69) is 16.6 Å². The van der Waals surface area contributed by atoms with Gasteiger partial charge in [-0.2, -0.15) is 26.3 Å². The molecule has 1 aromatic rings. The van der Waals surface area contributed by atoms with Crippen molar-refractivity contribution in [1.82, 2.24) is 4.98 Å². The molecule has 1 N–H and O–H groups in total. The van der Waals surface area contributed by atoms with Crippen LogP contribution in [0.25, 0.3) is 0 Å². The van der Waals surface area contributed by atoms with Gasteiger partial charge in [-0.3, -0.25) is 14.9 Å². The van der Waals surface area contributed by atoms with E-state index >= 15 is 0 Å². The number of carbonyl (C=O) groups excluding carboxylic acids is 1. The molecule has 0 saturated heterocycles. The number of nitrogens with one attached hydrogen (secondary N) is 1. The van der Waals surface area contributed by atoms with Gasteiger partial charge >= 0.3 is 23.1 Å². The molecular weight excluding hydrogens is 348 g/mol. The molecule has 0 bridgehead atoms. The third kappa shape index (κ3) is 3.21. The Labute approximate surface area is 122 Å². The Morgan fingerprint density at radius 1 is 1.23 bits per heavy atom. The van der Waals surface area contributed by atoms with Crippen LogP contribution in [0.1, 0.15) is 0 Å². The van der Waals surface area contributed by atoms with Crippen LogP contribution in [0.4, 0.5) is 37.8 Å². The lowest BCUT2D eigenvalue weighted by molar-refractivity contribution is -0.385. The lowest BCUT2D eigenvalue weighted by Crippen LogP contribution is -2.57. The molecule has 1 heterocycles. The van der Waals surface area contributed by atoms with Crippen molar-refractivity contribution < 1.29 is 36.1 Å². The first-order chi connectivity index (χ1) is 9.80. The number of nitrogens with zero attached hydrogens (tertiary/aromatic N) is 2. The molecule has 0 saturated carbocycles. The molecule has 1 aromatic heterocycles. The summed E-state index contributed by atoms with van der Waals surface area (Å²) in [7, 11) is 0. The van der Waals surface area contributed by atoms with Gasteiger partial charge in [-0.1, -0.05) is 0 Å². The van der Waals surface area contributed by atoms with Gasteiger partial charge in [0.15, 0.2) is 0 Å². The van der Waals surface area contributed by atoms with E-state index in [1.807, 2.05) is 0 Å². The summed E-state index contributed by atoms with van der Waals surface area (Å²) in [5, 5.41) is 5.74. The first-order valence-corrected chi connectivity index (χ1v) is 5.42.